The summed E-state index contributed by atoms with van der Waals surface area (Å²) in [5.74, 6) is -0.267. The molecule has 0 saturated heterocycles. The minimum Gasteiger partial charge on any atom is -0.478 e. The van der Waals surface area contributed by atoms with Gasteiger partial charge in [0.05, 0.1) is 16.3 Å². The van der Waals surface area contributed by atoms with E-state index in [0.717, 1.165) is 48.3 Å². The number of hydrogen-bond donors (Lipinski definition) is 1. The van der Waals surface area contributed by atoms with Gasteiger partial charge >= 0.3 is 5.97 Å². The monoisotopic (exact) mass is 399 g/mol. The van der Waals surface area contributed by atoms with Crippen LogP contribution in [0.15, 0.2) is 29.8 Å². The van der Waals surface area contributed by atoms with E-state index in [4.69, 9.17) is 16.7 Å². The van der Waals surface area contributed by atoms with Crippen molar-refractivity contribution < 1.29 is 14.7 Å². The maximum Gasteiger partial charge on any atom is 0.331 e. The summed E-state index contributed by atoms with van der Waals surface area (Å²) in [6, 6.07) is 5.43. The number of carboxylic acids is 1. The van der Waals surface area contributed by atoms with E-state index in [1.807, 2.05) is 19.1 Å². The molecule has 0 amide bonds. The molecule has 2 heterocycles. The van der Waals surface area contributed by atoms with E-state index < -0.39 is 5.97 Å². The Morgan fingerprint density at radius 1 is 1.18 bits per heavy atom. The minimum atomic E-state index is -0.864. The molecule has 2 aromatic rings. The topological polar surface area (TPSA) is 75.4 Å². The lowest BCUT2D eigenvalue weighted by atomic mass is 9.96. The van der Waals surface area contributed by atoms with Crippen LogP contribution in [0.5, 0.6) is 0 Å². The van der Waals surface area contributed by atoms with Gasteiger partial charge in [0.25, 0.3) is 5.91 Å². The minimum absolute atomic E-state index is 0.203. The lowest BCUT2D eigenvalue weighted by molar-refractivity contribution is -0.132. The number of halogens is 1. The molecular formula is C21H22ClN3O3. The van der Waals surface area contributed by atoms with Gasteiger partial charge in [0, 0.05) is 24.2 Å². The summed E-state index contributed by atoms with van der Waals surface area (Å²) in [6.07, 6.45) is 5.98. The molecule has 0 saturated carbocycles. The largest absolute Gasteiger partial charge is 0.478 e. The van der Waals surface area contributed by atoms with E-state index in [2.05, 4.69) is 4.90 Å². The Balaban J connectivity index is 1.74. The number of anilines is 1. The van der Waals surface area contributed by atoms with Crippen LogP contribution in [0.1, 0.15) is 46.4 Å². The van der Waals surface area contributed by atoms with Crippen LogP contribution in [-0.4, -0.2) is 39.9 Å². The predicted octanol–water partition coefficient (Wildman–Crippen LogP) is 3.63. The number of aryl methyl sites for hydroxylation is 1. The second-order valence-corrected chi connectivity index (χ2v) is 7.74. The number of benzene rings is 1. The molecule has 0 bridgehead atoms. The van der Waals surface area contributed by atoms with E-state index in [0.29, 0.717) is 35.7 Å². The quantitative estimate of drug-likeness (QED) is 0.852. The van der Waals surface area contributed by atoms with Gasteiger partial charge in [-0.15, -0.1) is 5.10 Å². The van der Waals surface area contributed by atoms with Crippen LogP contribution in [-0.2, 0) is 17.6 Å². The van der Waals surface area contributed by atoms with Gasteiger partial charge in [-0.3, -0.25) is 4.79 Å². The summed E-state index contributed by atoms with van der Waals surface area (Å²) in [6.45, 7) is 2.95. The number of aromatic nitrogens is 2. The SMILES string of the molecule is Cc1cccc(Cl)c1C(=O)n1nc(N2CC=C(C(=O)O)CC2)c2c1CCCC2. The summed E-state index contributed by atoms with van der Waals surface area (Å²) >= 11 is 6.32. The Morgan fingerprint density at radius 2 is 1.96 bits per heavy atom. The summed E-state index contributed by atoms with van der Waals surface area (Å²) in [4.78, 5) is 26.6. The van der Waals surface area contributed by atoms with Crippen molar-refractivity contribution in [3.8, 4) is 0 Å². The van der Waals surface area contributed by atoms with Crippen molar-refractivity contribution in [3.63, 3.8) is 0 Å². The molecule has 1 aliphatic carbocycles. The van der Waals surface area contributed by atoms with Crippen molar-refractivity contribution in [1.82, 2.24) is 9.78 Å². The van der Waals surface area contributed by atoms with Crippen molar-refractivity contribution in [1.29, 1.82) is 0 Å². The Bertz CT molecular complexity index is 973. The van der Waals surface area contributed by atoms with Crippen molar-refractivity contribution in [2.24, 2.45) is 0 Å². The molecule has 1 aromatic heterocycles. The second kappa shape index (κ2) is 7.43. The highest BCUT2D eigenvalue weighted by Crippen LogP contribution is 2.33. The highest BCUT2D eigenvalue weighted by atomic mass is 35.5. The number of fused-ring (bicyclic) bond motifs is 1. The summed E-state index contributed by atoms with van der Waals surface area (Å²) in [5, 5.41) is 14.3. The molecule has 0 atom stereocenters. The van der Waals surface area contributed by atoms with E-state index in [-0.39, 0.29) is 5.91 Å². The molecular weight excluding hydrogens is 378 g/mol. The van der Waals surface area contributed by atoms with Crippen LogP contribution in [0.25, 0.3) is 0 Å². The van der Waals surface area contributed by atoms with E-state index >= 15 is 0 Å². The van der Waals surface area contributed by atoms with Gasteiger partial charge in [-0.05, 0) is 50.7 Å². The van der Waals surface area contributed by atoms with E-state index in [1.165, 1.54) is 4.68 Å². The maximum atomic E-state index is 13.3. The normalized spacial score (nSPS) is 16.5. The van der Waals surface area contributed by atoms with E-state index in [1.54, 1.807) is 12.1 Å². The second-order valence-electron chi connectivity index (χ2n) is 7.34. The fraction of sp³-hybridized carbons (Fsp3) is 0.381. The number of carbonyl (C=O) groups is 2. The zero-order chi connectivity index (χ0) is 19.8. The molecule has 2 aliphatic rings. The number of nitrogens with zero attached hydrogens (tertiary/aromatic N) is 3. The first-order valence-electron chi connectivity index (χ1n) is 9.55. The molecule has 28 heavy (non-hydrogen) atoms. The van der Waals surface area contributed by atoms with Crippen molar-refractivity contribution >= 4 is 29.3 Å². The average Bonchev–Trinajstić information content (AvgIpc) is 3.07. The van der Waals surface area contributed by atoms with Crippen LogP contribution in [0.3, 0.4) is 0 Å². The van der Waals surface area contributed by atoms with Gasteiger partial charge in [0.2, 0.25) is 0 Å². The molecule has 0 fully saturated rings. The lowest BCUT2D eigenvalue weighted by Gasteiger charge is -2.26. The van der Waals surface area contributed by atoms with Crippen molar-refractivity contribution in [2.45, 2.75) is 39.0 Å². The van der Waals surface area contributed by atoms with Crippen LogP contribution < -0.4 is 4.90 Å². The predicted molar refractivity (Wildman–Crippen MR) is 107 cm³/mol. The molecule has 0 unspecified atom stereocenters. The standard InChI is InChI=1S/C21H22ClN3O3/c1-13-5-4-7-16(22)18(13)20(26)25-17-8-3-2-6-15(17)19(23-25)24-11-9-14(10-12-24)21(27)28/h4-5,7,9H,2-3,6,8,10-12H2,1H3,(H,27,28). The number of carbonyl (C=O) groups excluding carboxylic acids is 1. The molecule has 0 radical (unpaired) electrons. The van der Waals surface area contributed by atoms with Gasteiger partial charge in [-0.1, -0.05) is 29.8 Å². The number of rotatable bonds is 3. The highest BCUT2D eigenvalue weighted by molar-refractivity contribution is 6.34. The fourth-order valence-corrected chi connectivity index (χ4v) is 4.37. The van der Waals surface area contributed by atoms with Crippen molar-refractivity contribution in [2.75, 3.05) is 18.0 Å². The first kappa shape index (κ1) is 18.7. The van der Waals surface area contributed by atoms with Gasteiger partial charge in [0.1, 0.15) is 0 Å². The van der Waals surface area contributed by atoms with Crippen LogP contribution in [0, 0.1) is 6.92 Å². The first-order chi connectivity index (χ1) is 13.5. The third kappa shape index (κ3) is 3.22. The highest BCUT2D eigenvalue weighted by Gasteiger charge is 2.29. The van der Waals surface area contributed by atoms with Gasteiger partial charge in [0.15, 0.2) is 5.82 Å². The molecule has 146 valence electrons. The molecule has 1 aliphatic heterocycles. The first-order valence-corrected chi connectivity index (χ1v) is 9.93. The lowest BCUT2D eigenvalue weighted by Crippen LogP contribution is -2.31. The van der Waals surface area contributed by atoms with E-state index in [9.17, 15) is 14.7 Å². The Kier molecular flexibility index (Phi) is 4.98. The zero-order valence-electron chi connectivity index (χ0n) is 15.7. The van der Waals surface area contributed by atoms with Crippen LogP contribution in [0.4, 0.5) is 5.82 Å². The van der Waals surface area contributed by atoms with Gasteiger partial charge in [-0.2, -0.15) is 4.68 Å². The fourth-order valence-electron chi connectivity index (χ4n) is 4.07. The molecule has 4 rings (SSSR count). The zero-order valence-corrected chi connectivity index (χ0v) is 16.5. The van der Waals surface area contributed by atoms with Crippen LogP contribution in [0.2, 0.25) is 5.02 Å². The summed E-state index contributed by atoms with van der Waals surface area (Å²) in [7, 11) is 0. The molecule has 0 spiro atoms. The molecule has 1 aromatic carbocycles. The van der Waals surface area contributed by atoms with Crippen molar-refractivity contribution in [3.05, 3.63) is 57.3 Å². The van der Waals surface area contributed by atoms with Gasteiger partial charge < -0.3 is 10.0 Å². The van der Waals surface area contributed by atoms with Gasteiger partial charge in [-0.25, -0.2) is 4.79 Å². The Hall–Kier alpha value is -2.60. The van der Waals surface area contributed by atoms with Crippen LogP contribution >= 0.6 is 11.6 Å². The third-order valence-corrected chi connectivity index (χ3v) is 5.89. The third-order valence-electron chi connectivity index (χ3n) is 5.57. The smallest absolute Gasteiger partial charge is 0.331 e. The number of hydrogen-bond acceptors (Lipinski definition) is 4. The molecule has 1 N–H and O–H groups in total. The summed E-state index contributed by atoms with van der Waals surface area (Å²) < 4.78 is 1.52. The number of aliphatic carboxylic acids is 1. The average molecular weight is 400 g/mol. The summed E-state index contributed by atoms with van der Waals surface area (Å²) in [5.41, 5.74) is 3.81. The maximum absolute atomic E-state index is 13.3. The Morgan fingerprint density at radius 3 is 2.64 bits per heavy atom. The molecule has 6 nitrogen and oxygen atoms in total. The molecule has 7 heteroatoms. The number of carboxylic acid groups (broad SMARTS) is 1. The Labute approximate surface area is 168 Å².